The summed E-state index contributed by atoms with van der Waals surface area (Å²) in [6.07, 6.45) is 1.13. The van der Waals surface area contributed by atoms with Crippen molar-refractivity contribution in [2.24, 2.45) is 0 Å². The van der Waals surface area contributed by atoms with Gasteiger partial charge in [-0.1, -0.05) is 42.5 Å². The van der Waals surface area contributed by atoms with Gasteiger partial charge in [-0.05, 0) is 50.7 Å². The number of amides is 2. The van der Waals surface area contributed by atoms with E-state index < -0.39 is 0 Å². The number of carbonyl (C=O) groups excluding carboxylic acids is 2. The second-order valence-electron chi connectivity index (χ2n) is 6.82. The maximum atomic E-state index is 12.2. The molecule has 1 unspecified atom stereocenters. The highest BCUT2D eigenvalue weighted by Gasteiger charge is 2.09. The Hall–Kier alpha value is -2.66. The van der Waals surface area contributed by atoms with Crippen molar-refractivity contribution < 1.29 is 9.59 Å². The molecular weight excluding hydrogens is 326 g/mol. The van der Waals surface area contributed by atoms with Gasteiger partial charge in [0.2, 0.25) is 11.8 Å². The normalized spacial score (nSPS) is 11.8. The van der Waals surface area contributed by atoms with Crippen LogP contribution in [0.3, 0.4) is 0 Å². The lowest BCUT2D eigenvalue weighted by Crippen LogP contribution is -2.35. The second kappa shape index (κ2) is 9.73. The quantitative estimate of drug-likeness (QED) is 0.766. The van der Waals surface area contributed by atoms with Crippen molar-refractivity contribution in [3.63, 3.8) is 0 Å². The maximum Gasteiger partial charge on any atom is 0.238 e. The highest BCUT2D eigenvalue weighted by atomic mass is 16.2. The van der Waals surface area contributed by atoms with Gasteiger partial charge in [-0.3, -0.25) is 9.59 Å². The largest absolute Gasteiger partial charge is 0.353 e. The molecule has 0 saturated heterocycles. The number of anilines is 1. The third-order valence-corrected chi connectivity index (χ3v) is 3.85. The summed E-state index contributed by atoms with van der Waals surface area (Å²) in [4.78, 5) is 25.8. The number of nitrogens with one attached hydrogen (secondary N) is 2. The van der Waals surface area contributed by atoms with E-state index in [0.29, 0.717) is 13.0 Å². The van der Waals surface area contributed by atoms with Gasteiger partial charge in [0.05, 0.1) is 13.0 Å². The predicted octanol–water partition coefficient (Wildman–Crippen LogP) is 2.48. The minimum Gasteiger partial charge on any atom is -0.353 e. The number of hydrogen-bond acceptors (Lipinski definition) is 3. The van der Waals surface area contributed by atoms with E-state index >= 15 is 0 Å². The minimum atomic E-state index is -0.0600. The molecule has 0 aliphatic rings. The van der Waals surface area contributed by atoms with Gasteiger partial charge in [0.25, 0.3) is 0 Å². The van der Waals surface area contributed by atoms with Crippen LogP contribution in [0.2, 0.25) is 0 Å². The fourth-order valence-electron chi connectivity index (χ4n) is 2.72. The van der Waals surface area contributed by atoms with Crippen LogP contribution in [0.4, 0.5) is 5.69 Å². The Labute approximate surface area is 155 Å². The second-order valence-corrected chi connectivity index (χ2v) is 6.82. The van der Waals surface area contributed by atoms with Crippen molar-refractivity contribution >= 4 is 17.5 Å². The number of carbonyl (C=O) groups is 2. The Bertz CT molecular complexity index is 712. The molecule has 0 bridgehead atoms. The van der Waals surface area contributed by atoms with E-state index in [0.717, 1.165) is 17.7 Å². The molecule has 0 aliphatic carbocycles. The molecule has 0 radical (unpaired) electrons. The molecule has 26 heavy (non-hydrogen) atoms. The number of benzene rings is 2. The lowest BCUT2D eigenvalue weighted by atomic mass is 10.1. The molecule has 1 atom stereocenters. The molecule has 0 saturated carbocycles. The fraction of sp³-hybridized carbons (Fsp3) is 0.333. The molecule has 0 spiro atoms. The van der Waals surface area contributed by atoms with E-state index in [1.54, 1.807) is 0 Å². The molecule has 0 aliphatic heterocycles. The summed E-state index contributed by atoms with van der Waals surface area (Å²) >= 11 is 0. The van der Waals surface area contributed by atoms with Gasteiger partial charge < -0.3 is 15.5 Å². The third kappa shape index (κ3) is 7.07. The molecule has 2 rings (SSSR count). The highest BCUT2D eigenvalue weighted by Crippen LogP contribution is 2.10. The summed E-state index contributed by atoms with van der Waals surface area (Å²) in [5.41, 5.74) is 2.86. The molecule has 0 heterocycles. The zero-order valence-electron chi connectivity index (χ0n) is 15.7. The van der Waals surface area contributed by atoms with Gasteiger partial charge in [0.1, 0.15) is 0 Å². The summed E-state index contributed by atoms with van der Waals surface area (Å²) < 4.78 is 0. The van der Waals surface area contributed by atoms with E-state index in [-0.39, 0.29) is 17.9 Å². The number of hydrogen-bond donors (Lipinski definition) is 2. The first-order valence-corrected chi connectivity index (χ1v) is 8.79. The molecule has 2 aromatic rings. The molecular formula is C21H27N3O2. The van der Waals surface area contributed by atoms with Crippen molar-refractivity contribution in [1.29, 1.82) is 0 Å². The average Bonchev–Trinajstić information content (AvgIpc) is 2.56. The van der Waals surface area contributed by atoms with E-state index in [1.165, 1.54) is 5.56 Å². The third-order valence-electron chi connectivity index (χ3n) is 3.85. The van der Waals surface area contributed by atoms with Crippen molar-refractivity contribution in [3.8, 4) is 0 Å². The summed E-state index contributed by atoms with van der Waals surface area (Å²) in [5.74, 6) is -0.0620. The van der Waals surface area contributed by atoms with Crippen LogP contribution in [0, 0.1) is 0 Å². The van der Waals surface area contributed by atoms with E-state index in [4.69, 9.17) is 0 Å². The molecule has 0 aromatic heterocycles. The van der Waals surface area contributed by atoms with Gasteiger partial charge in [-0.15, -0.1) is 0 Å². The van der Waals surface area contributed by atoms with Crippen LogP contribution in [0.1, 0.15) is 18.1 Å². The number of likely N-dealkylation sites (N-methyl/N-ethyl adjacent to an activating group) is 1. The minimum absolute atomic E-state index is 0.00201. The van der Waals surface area contributed by atoms with Crippen molar-refractivity contribution in [2.45, 2.75) is 25.8 Å². The number of rotatable bonds is 8. The van der Waals surface area contributed by atoms with Gasteiger partial charge in [-0.2, -0.15) is 0 Å². The first-order chi connectivity index (χ1) is 12.4. The van der Waals surface area contributed by atoms with Crippen LogP contribution in [0.15, 0.2) is 54.6 Å². The van der Waals surface area contributed by atoms with E-state index in [2.05, 4.69) is 22.8 Å². The van der Waals surface area contributed by atoms with Crippen molar-refractivity contribution in [1.82, 2.24) is 10.2 Å². The number of nitrogens with zero attached hydrogens (tertiary/aromatic N) is 1. The topological polar surface area (TPSA) is 61.4 Å². The smallest absolute Gasteiger partial charge is 0.238 e. The predicted molar refractivity (Wildman–Crippen MR) is 105 cm³/mol. The first kappa shape index (κ1) is 19.7. The Morgan fingerprint density at radius 3 is 2.19 bits per heavy atom. The molecule has 2 N–H and O–H groups in total. The van der Waals surface area contributed by atoms with E-state index in [9.17, 15) is 9.59 Å². The van der Waals surface area contributed by atoms with Crippen LogP contribution in [0.5, 0.6) is 0 Å². The molecule has 2 aromatic carbocycles. The fourth-order valence-corrected chi connectivity index (χ4v) is 2.72. The Morgan fingerprint density at radius 2 is 1.58 bits per heavy atom. The summed E-state index contributed by atoms with van der Waals surface area (Å²) in [6, 6.07) is 17.6. The zero-order valence-corrected chi connectivity index (χ0v) is 15.7. The van der Waals surface area contributed by atoms with Gasteiger partial charge in [0.15, 0.2) is 0 Å². The first-order valence-electron chi connectivity index (χ1n) is 8.79. The van der Waals surface area contributed by atoms with Crippen LogP contribution in [-0.4, -0.2) is 43.4 Å². The van der Waals surface area contributed by atoms with E-state index in [1.807, 2.05) is 68.4 Å². The van der Waals surface area contributed by atoms with Gasteiger partial charge >= 0.3 is 0 Å². The summed E-state index contributed by atoms with van der Waals surface area (Å²) in [6.45, 7) is 2.34. The lowest BCUT2D eigenvalue weighted by molar-refractivity contribution is -0.121. The monoisotopic (exact) mass is 353 g/mol. The summed E-state index contributed by atoms with van der Waals surface area (Å²) in [7, 11) is 3.69. The van der Waals surface area contributed by atoms with Crippen LogP contribution >= 0.6 is 0 Å². The highest BCUT2D eigenvalue weighted by molar-refractivity contribution is 5.92. The standard InChI is InChI=1S/C21H27N3O2/c1-16(13-17-7-5-4-6-8-17)22-20(25)14-18-9-11-19(12-10-18)23-21(26)15-24(2)3/h4-12,16H,13-15H2,1-3H3,(H,22,25)(H,23,26). The Morgan fingerprint density at radius 1 is 0.923 bits per heavy atom. The van der Waals surface area contributed by atoms with Gasteiger partial charge in [0, 0.05) is 11.7 Å². The van der Waals surface area contributed by atoms with Crippen LogP contribution in [-0.2, 0) is 22.4 Å². The Balaban J connectivity index is 1.80. The SMILES string of the molecule is CC(Cc1ccccc1)NC(=O)Cc1ccc(NC(=O)CN(C)C)cc1. The molecule has 0 fully saturated rings. The molecule has 138 valence electrons. The lowest BCUT2D eigenvalue weighted by Gasteiger charge is -2.14. The molecule has 5 heteroatoms. The van der Waals surface area contributed by atoms with Crippen molar-refractivity contribution in [3.05, 3.63) is 65.7 Å². The van der Waals surface area contributed by atoms with Crippen LogP contribution in [0.25, 0.3) is 0 Å². The molecule has 5 nitrogen and oxygen atoms in total. The van der Waals surface area contributed by atoms with Crippen LogP contribution < -0.4 is 10.6 Å². The average molecular weight is 353 g/mol. The van der Waals surface area contributed by atoms with Crippen molar-refractivity contribution in [2.75, 3.05) is 26.0 Å². The maximum absolute atomic E-state index is 12.2. The summed E-state index contributed by atoms with van der Waals surface area (Å²) in [5, 5.41) is 5.86. The van der Waals surface area contributed by atoms with Gasteiger partial charge in [-0.25, -0.2) is 0 Å². The molecule has 2 amide bonds. The zero-order chi connectivity index (χ0) is 18.9. The Kier molecular flexibility index (Phi) is 7.36.